The molecular formula is C13H13FN6. The van der Waals surface area contributed by atoms with Crippen LogP contribution in [-0.2, 0) is 0 Å². The Kier molecular flexibility index (Phi) is 3.99. The molecule has 0 saturated carbocycles. The summed E-state index contributed by atoms with van der Waals surface area (Å²) in [5, 5.41) is 6.49. The van der Waals surface area contributed by atoms with Crippen LogP contribution < -0.4 is 5.73 Å². The smallest absolute Gasteiger partial charge is 0.164 e. The number of H-pyrrole nitrogens is 1. The molecule has 20 heavy (non-hydrogen) atoms. The van der Waals surface area contributed by atoms with Gasteiger partial charge in [0, 0.05) is 23.5 Å². The number of nitrogens with two attached hydrogens (primary N) is 1. The Hall–Kier alpha value is -2.83. The molecule has 3 N–H and O–H groups in total. The van der Waals surface area contributed by atoms with E-state index >= 15 is 0 Å². The summed E-state index contributed by atoms with van der Waals surface area (Å²) < 4.78 is 13.2. The number of pyridine rings is 1. The van der Waals surface area contributed by atoms with Gasteiger partial charge in [-0.1, -0.05) is 6.58 Å². The first-order valence-corrected chi connectivity index (χ1v) is 5.74. The van der Waals surface area contributed by atoms with E-state index in [4.69, 9.17) is 5.73 Å². The highest BCUT2D eigenvalue weighted by Gasteiger charge is 2.04. The molecule has 2 aromatic heterocycles. The van der Waals surface area contributed by atoms with Crippen molar-refractivity contribution in [1.29, 1.82) is 0 Å². The molecule has 0 radical (unpaired) electrons. The summed E-state index contributed by atoms with van der Waals surface area (Å²) in [7, 11) is 0. The van der Waals surface area contributed by atoms with Gasteiger partial charge < -0.3 is 5.73 Å². The van der Waals surface area contributed by atoms with Crippen molar-refractivity contribution >= 4 is 11.4 Å². The largest absolute Gasteiger partial charge is 0.383 e. The molecule has 0 atom stereocenters. The third-order valence-corrected chi connectivity index (χ3v) is 2.45. The van der Waals surface area contributed by atoms with Crippen LogP contribution in [-0.4, -0.2) is 25.1 Å². The maximum absolute atomic E-state index is 13.2. The van der Waals surface area contributed by atoms with Crippen LogP contribution >= 0.6 is 0 Å². The fourth-order valence-electron chi connectivity index (χ4n) is 1.51. The molecular weight excluding hydrogens is 259 g/mol. The van der Waals surface area contributed by atoms with E-state index in [1.54, 1.807) is 13.1 Å². The molecule has 0 bridgehead atoms. The van der Waals surface area contributed by atoms with Crippen LogP contribution in [0.15, 0.2) is 37.6 Å². The lowest BCUT2D eigenvalue weighted by Crippen LogP contribution is -1.96. The van der Waals surface area contributed by atoms with Crippen LogP contribution in [0.3, 0.4) is 0 Å². The molecule has 2 rings (SSSR count). The normalized spacial score (nSPS) is 9.90. The lowest BCUT2D eigenvalue weighted by Gasteiger charge is -2.01. The lowest BCUT2D eigenvalue weighted by atomic mass is 10.2. The van der Waals surface area contributed by atoms with Crippen LogP contribution in [0.5, 0.6) is 0 Å². The fourth-order valence-corrected chi connectivity index (χ4v) is 1.51. The van der Waals surface area contributed by atoms with E-state index in [1.165, 1.54) is 18.6 Å². The number of hydrogen-bond acceptors (Lipinski definition) is 5. The molecule has 0 unspecified atom stereocenters. The number of nitrogens with one attached hydrogen (secondary N) is 1. The number of nitrogen functional groups attached to an aromatic ring is 1. The van der Waals surface area contributed by atoms with Crippen molar-refractivity contribution in [2.24, 2.45) is 0 Å². The summed E-state index contributed by atoms with van der Waals surface area (Å²) in [6.07, 6.45) is 5.37. The summed E-state index contributed by atoms with van der Waals surface area (Å²) in [6.45, 7) is 5.60. The number of rotatable bonds is 2. The number of halogens is 1. The molecule has 102 valence electrons. The summed E-state index contributed by atoms with van der Waals surface area (Å²) in [5.41, 5.74) is 7.63. The highest BCUT2D eigenvalue weighted by molar-refractivity contribution is 5.69. The van der Waals surface area contributed by atoms with Gasteiger partial charge in [0.25, 0.3) is 0 Å². The Labute approximate surface area is 114 Å². The van der Waals surface area contributed by atoms with E-state index in [9.17, 15) is 4.39 Å². The molecule has 0 spiro atoms. The molecule has 0 aliphatic heterocycles. The van der Waals surface area contributed by atoms with Crippen molar-refractivity contribution in [3.8, 4) is 11.4 Å². The van der Waals surface area contributed by atoms with Crippen LogP contribution in [0.1, 0.15) is 12.5 Å². The second kappa shape index (κ2) is 5.87. The van der Waals surface area contributed by atoms with Crippen LogP contribution in [0.2, 0.25) is 0 Å². The van der Waals surface area contributed by atoms with Gasteiger partial charge >= 0.3 is 0 Å². The van der Waals surface area contributed by atoms with Crippen molar-refractivity contribution in [1.82, 2.24) is 25.1 Å². The minimum atomic E-state index is -0.482. The monoisotopic (exact) mass is 272 g/mol. The molecule has 0 fully saturated rings. The number of nitrogens with zero attached hydrogens (tertiary/aromatic N) is 4. The van der Waals surface area contributed by atoms with E-state index in [-0.39, 0.29) is 11.6 Å². The van der Waals surface area contributed by atoms with Crippen LogP contribution in [0, 0.1) is 5.82 Å². The zero-order chi connectivity index (χ0) is 14.5. The van der Waals surface area contributed by atoms with Gasteiger partial charge in [0.2, 0.25) is 0 Å². The topological polar surface area (TPSA) is 93.4 Å². The average molecular weight is 272 g/mol. The maximum atomic E-state index is 13.2. The van der Waals surface area contributed by atoms with Gasteiger partial charge in [0.05, 0.1) is 6.20 Å². The predicted molar refractivity (Wildman–Crippen MR) is 74.1 cm³/mol. The minimum absolute atomic E-state index is 0.207. The Morgan fingerprint density at radius 1 is 1.40 bits per heavy atom. The molecule has 0 saturated heterocycles. The molecule has 0 aromatic carbocycles. The van der Waals surface area contributed by atoms with Crippen LogP contribution in [0.4, 0.5) is 10.2 Å². The number of anilines is 1. The second-order valence-electron chi connectivity index (χ2n) is 4.05. The second-order valence-corrected chi connectivity index (χ2v) is 4.05. The third kappa shape index (κ3) is 3.14. The average Bonchev–Trinajstić information content (AvgIpc) is 2.49. The highest BCUT2D eigenvalue weighted by Crippen LogP contribution is 2.18. The van der Waals surface area contributed by atoms with E-state index in [2.05, 4.69) is 31.7 Å². The van der Waals surface area contributed by atoms with Gasteiger partial charge in [-0.3, -0.25) is 10.1 Å². The number of allylic oxidation sites excluding steroid dienone is 1. The number of aromatic nitrogens is 5. The van der Waals surface area contributed by atoms with Gasteiger partial charge in [-0.25, -0.2) is 14.4 Å². The molecule has 0 aliphatic carbocycles. The summed E-state index contributed by atoms with van der Waals surface area (Å²) >= 11 is 0. The summed E-state index contributed by atoms with van der Waals surface area (Å²) in [6, 6.07) is 1.27. The first-order chi connectivity index (χ1) is 9.58. The SMILES string of the molecule is C=C(C)c1c[nH]ncnc(-c2cncc(F)c2)nc1N. The van der Waals surface area contributed by atoms with Gasteiger partial charge in [-0.2, -0.15) is 5.10 Å². The Balaban J connectivity index is 2.69. The predicted octanol–water partition coefficient (Wildman–Crippen LogP) is 2.14. The fraction of sp³-hybridized carbons (Fsp3) is 0.0769. The quantitative estimate of drug-likeness (QED) is 0.873. The Bertz CT molecular complexity index is 693. The van der Waals surface area contributed by atoms with Crippen molar-refractivity contribution in [2.75, 3.05) is 5.73 Å². The summed E-state index contributed by atoms with van der Waals surface area (Å²) in [4.78, 5) is 12.0. The Morgan fingerprint density at radius 3 is 2.90 bits per heavy atom. The Morgan fingerprint density at radius 2 is 2.20 bits per heavy atom. The van der Waals surface area contributed by atoms with E-state index in [0.717, 1.165) is 6.20 Å². The van der Waals surface area contributed by atoms with Gasteiger partial charge in [0.15, 0.2) is 5.82 Å². The zero-order valence-corrected chi connectivity index (χ0v) is 10.8. The van der Waals surface area contributed by atoms with Crippen molar-refractivity contribution in [2.45, 2.75) is 6.92 Å². The van der Waals surface area contributed by atoms with Gasteiger partial charge in [-0.15, -0.1) is 0 Å². The van der Waals surface area contributed by atoms with Crippen molar-refractivity contribution < 1.29 is 4.39 Å². The first kappa shape index (κ1) is 13.6. The first-order valence-electron chi connectivity index (χ1n) is 5.74. The standard InChI is InChI=1S/C13H13FN6/c1-8(2)11-6-18-19-7-17-13(20-12(11)15)9-3-10(14)5-16-4-9/h3-7,18H,1H2,2H3,(H2,15,17,19,20). The van der Waals surface area contributed by atoms with Crippen molar-refractivity contribution in [3.05, 3.63) is 48.9 Å². The van der Waals surface area contributed by atoms with Gasteiger partial charge in [-0.05, 0) is 18.6 Å². The van der Waals surface area contributed by atoms with E-state index < -0.39 is 5.82 Å². The van der Waals surface area contributed by atoms with E-state index in [1.807, 2.05) is 0 Å². The third-order valence-electron chi connectivity index (χ3n) is 2.45. The van der Waals surface area contributed by atoms with Gasteiger partial charge in [0.1, 0.15) is 18.0 Å². The molecule has 0 aliphatic rings. The lowest BCUT2D eigenvalue weighted by molar-refractivity contribution is 0.622. The summed E-state index contributed by atoms with van der Waals surface area (Å²) in [5.74, 6) is -0.0582. The molecule has 7 heteroatoms. The molecule has 2 heterocycles. The molecule has 6 nitrogen and oxygen atoms in total. The van der Waals surface area contributed by atoms with Crippen molar-refractivity contribution in [3.63, 3.8) is 0 Å². The minimum Gasteiger partial charge on any atom is -0.383 e. The molecule has 0 amide bonds. The zero-order valence-electron chi connectivity index (χ0n) is 10.8. The number of aromatic amines is 1. The maximum Gasteiger partial charge on any atom is 0.164 e. The highest BCUT2D eigenvalue weighted by atomic mass is 19.1. The van der Waals surface area contributed by atoms with E-state index in [0.29, 0.717) is 16.7 Å². The molecule has 2 aromatic rings. The number of hydrogen-bond donors (Lipinski definition) is 2. The van der Waals surface area contributed by atoms with Crippen LogP contribution in [0.25, 0.3) is 17.0 Å².